The fraction of sp³-hybridized carbons (Fsp3) is 0.875. The third-order valence-corrected chi connectivity index (χ3v) is 3.01. The third kappa shape index (κ3) is 9.32. The van der Waals surface area contributed by atoms with Gasteiger partial charge in [0, 0.05) is 7.05 Å². The fourth-order valence-electron chi connectivity index (χ4n) is 1.48. The van der Waals surface area contributed by atoms with E-state index in [2.05, 4.69) is 13.8 Å². The summed E-state index contributed by atoms with van der Waals surface area (Å²) >= 11 is 0. The van der Waals surface area contributed by atoms with Gasteiger partial charge in [0.2, 0.25) is 0 Å². The van der Waals surface area contributed by atoms with Gasteiger partial charge in [0.05, 0.1) is 13.2 Å². The Morgan fingerprint density at radius 3 is 2.14 bits per heavy atom. The van der Waals surface area contributed by atoms with Crippen LogP contribution < -0.4 is 0 Å². The molecular weight excluding hydrogens is 270 g/mol. The normalized spacial score (nSPS) is 13.0. The van der Waals surface area contributed by atoms with E-state index >= 15 is 0 Å². The van der Waals surface area contributed by atoms with E-state index in [-0.39, 0.29) is 5.41 Å². The number of esters is 1. The molecule has 5 nitrogen and oxygen atoms in total. The lowest BCUT2D eigenvalue weighted by molar-refractivity contribution is -0.148. The number of nitrogens with zero attached hydrogens (tertiary/aromatic N) is 1. The van der Waals surface area contributed by atoms with Crippen molar-refractivity contribution in [3.8, 4) is 0 Å². The Kier molecular flexibility index (Phi) is 8.37. The average molecular weight is 301 g/mol. The number of carbonyl (C=O) groups excluding carboxylic acids is 2. The minimum absolute atomic E-state index is 0.100. The highest BCUT2D eigenvalue weighted by molar-refractivity contribution is 5.80. The van der Waals surface area contributed by atoms with E-state index in [1.807, 2.05) is 20.8 Å². The van der Waals surface area contributed by atoms with Crippen molar-refractivity contribution in [2.45, 2.75) is 60.4 Å². The van der Waals surface area contributed by atoms with Gasteiger partial charge in [-0.15, -0.1) is 0 Å². The Hall–Kier alpha value is -1.26. The summed E-state index contributed by atoms with van der Waals surface area (Å²) in [5, 5.41) is 0. The number of amides is 1. The van der Waals surface area contributed by atoms with Crippen molar-refractivity contribution in [1.82, 2.24) is 4.90 Å². The second-order valence-electron chi connectivity index (χ2n) is 7.11. The lowest BCUT2D eigenvalue weighted by atomic mass is 9.99. The Morgan fingerprint density at radius 1 is 1.10 bits per heavy atom. The molecule has 0 saturated carbocycles. The van der Waals surface area contributed by atoms with Crippen molar-refractivity contribution in [3.05, 3.63) is 0 Å². The monoisotopic (exact) mass is 301 g/mol. The molecule has 0 aromatic rings. The highest BCUT2D eigenvalue weighted by atomic mass is 16.6. The molecule has 0 fully saturated rings. The molecule has 124 valence electrons. The predicted octanol–water partition coefficient (Wildman–Crippen LogP) is 3.47. The van der Waals surface area contributed by atoms with Crippen molar-refractivity contribution in [3.63, 3.8) is 0 Å². The highest BCUT2D eigenvalue weighted by Crippen LogP contribution is 2.14. The molecule has 0 spiro atoms. The quantitative estimate of drug-likeness (QED) is 0.533. The molecule has 0 rings (SSSR count). The predicted molar refractivity (Wildman–Crippen MR) is 83.1 cm³/mol. The first-order chi connectivity index (χ1) is 9.54. The van der Waals surface area contributed by atoms with Gasteiger partial charge < -0.3 is 9.47 Å². The van der Waals surface area contributed by atoms with Crippen LogP contribution in [0, 0.1) is 11.3 Å². The van der Waals surface area contributed by atoms with Crippen LogP contribution in [0.25, 0.3) is 0 Å². The van der Waals surface area contributed by atoms with Crippen LogP contribution in [0.4, 0.5) is 4.79 Å². The van der Waals surface area contributed by atoms with Gasteiger partial charge >= 0.3 is 12.1 Å². The molecule has 0 bridgehead atoms. The number of likely N-dealkylation sites (N-methyl/N-ethyl adjacent to an activating group) is 1. The van der Waals surface area contributed by atoms with E-state index < -0.39 is 18.1 Å². The van der Waals surface area contributed by atoms with Gasteiger partial charge in [-0.25, -0.2) is 9.59 Å². The van der Waals surface area contributed by atoms with E-state index in [0.29, 0.717) is 19.1 Å². The molecule has 21 heavy (non-hydrogen) atoms. The van der Waals surface area contributed by atoms with Crippen LogP contribution in [0.15, 0.2) is 0 Å². The first kappa shape index (κ1) is 19.7. The molecule has 1 atom stereocenters. The fourth-order valence-corrected chi connectivity index (χ4v) is 1.48. The molecule has 0 saturated heterocycles. The number of hydrogen-bond acceptors (Lipinski definition) is 4. The molecule has 0 aromatic carbocycles. The number of carbonyl (C=O) groups is 2. The van der Waals surface area contributed by atoms with E-state index in [0.717, 1.165) is 12.8 Å². The number of hydrogen-bond donors (Lipinski definition) is 0. The van der Waals surface area contributed by atoms with Crippen LogP contribution in [0.5, 0.6) is 0 Å². The lowest BCUT2D eigenvalue weighted by Gasteiger charge is -2.25. The van der Waals surface area contributed by atoms with E-state index in [4.69, 9.17) is 9.47 Å². The molecule has 1 unspecified atom stereocenters. The average Bonchev–Trinajstić information content (AvgIpc) is 2.37. The van der Waals surface area contributed by atoms with Crippen molar-refractivity contribution >= 4 is 12.1 Å². The van der Waals surface area contributed by atoms with Gasteiger partial charge in [0.1, 0.15) is 6.04 Å². The lowest BCUT2D eigenvalue weighted by Crippen LogP contribution is -2.42. The van der Waals surface area contributed by atoms with Crippen LogP contribution in [0.1, 0.15) is 54.4 Å². The van der Waals surface area contributed by atoms with E-state index in [9.17, 15) is 9.59 Å². The zero-order valence-corrected chi connectivity index (χ0v) is 14.6. The molecule has 0 aliphatic heterocycles. The van der Waals surface area contributed by atoms with Crippen molar-refractivity contribution < 1.29 is 19.1 Å². The second-order valence-corrected chi connectivity index (χ2v) is 7.11. The smallest absolute Gasteiger partial charge is 0.410 e. The maximum atomic E-state index is 11.9. The summed E-state index contributed by atoms with van der Waals surface area (Å²) in [6, 6.07) is -0.642. The Labute approximate surface area is 129 Å². The molecule has 1 amide bonds. The molecule has 0 N–H and O–H groups in total. The second kappa shape index (κ2) is 8.90. The van der Waals surface area contributed by atoms with Crippen molar-refractivity contribution in [1.29, 1.82) is 0 Å². The zero-order chi connectivity index (χ0) is 16.6. The Morgan fingerprint density at radius 2 is 1.67 bits per heavy atom. The van der Waals surface area contributed by atoms with E-state index in [1.54, 1.807) is 14.0 Å². The topological polar surface area (TPSA) is 55.8 Å². The largest absolute Gasteiger partial charge is 0.464 e. The summed E-state index contributed by atoms with van der Waals surface area (Å²) in [5.41, 5.74) is -0.100. The zero-order valence-electron chi connectivity index (χ0n) is 14.6. The molecule has 0 aromatic heterocycles. The summed E-state index contributed by atoms with van der Waals surface area (Å²) in [4.78, 5) is 25.0. The maximum Gasteiger partial charge on any atom is 0.410 e. The van der Waals surface area contributed by atoms with Crippen LogP contribution in [0.2, 0.25) is 0 Å². The molecule has 0 heterocycles. The standard InChI is InChI=1S/C16H31NO4/c1-12(2)9-8-10-20-14(18)13(3)17(7)15(19)21-11-16(4,5)6/h12-13H,8-11H2,1-7H3. The summed E-state index contributed by atoms with van der Waals surface area (Å²) < 4.78 is 10.4. The van der Waals surface area contributed by atoms with Gasteiger partial charge in [0.25, 0.3) is 0 Å². The maximum absolute atomic E-state index is 11.9. The van der Waals surface area contributed by atoms with Crippen LogP contribution in [0.3, 0.4) is 0 Å². The highest BCUT2D eigenvalue weighted by Gasteiger charge is 2.25. The number of ether oxygens (including phenoxy) is 2. The van der Waals surface area contributed by atoms with Gasteiger partial charge in [-0.05, 0) is 31.1 Å². The summed E-state index contributed by atoms with van der Waals surface area (Å²) in [7, 11) is 1.55. The molecule has 0 aliphatic rings. The molecule has 0 radical (unpaired) electrons. The summed E-state index contributed by atoms with van der Waals surface area (Å²) in [6.07, 6.45) is 1.36. The van der Waals surface area contributed by atoms with Gasteiger partial charge in [-0.1, -0.05) is 34.6 Å². The van der Waals surface area contributed by atoms with Crippen LogP contribution in [-0.4, -0.2) is 43.3 Å². The van der Waals surface area contributed by atoms with Gasteiger partial charge in [-0.3, -0.25) is 4.90 Å². The Balaban J connectivity index is 4.14. The minimum Gasteiger partial charge on any atom is -0.464 e. The molecule has 0 aliphatic carbocycles. The number of rotatable bonds is 7. The van der Waals surface area contributed by atoms with Crippen molar-refractivity contribution in [2.24, 2.45) is 11.3 Å². The molecular formula is C16H31NO4. The van der Waals surface area contributed by atoms with Crippen molar-refractivity contribution in [2.75, 3.05) is 20.3 Å². The summed E-state index contributed by atoms with van der Waals surface area (Å²) in [6.45, 7) is 12.5. The molecule has 5 heteroatoms. The van der Waals surface area contributed by atoms with Crippen LogP contribution in [-0.2, 0) is 14.3 Å². The first-order valence-corrected chi connectivity index (χ1v) is 7.61. The minimum atomic E-state index is -0.642. The van der Waals surface area contributed by atoms with Crippen LogP contribution >= 0.6 is 0 Å². The SMILES string of the molecule is CC(C)CCCOC(=O)C(C)N(C)C(=O)OCC(C)(C)C. The first-order valence-electron chi connectivity index (χ1n) is 7.61. The van der Waals surface area contributed by atoms with E-state index in [1.165, 1.54) is 4.90 Å². The summed E-state index contributed by atoms with van der Waals surface area (Å²) in [5.74, 6) is 0.199. The van der Waals surface area contributed by atoms with Gasteiger partial charge in [-0.2, -0.15) is 0 Å². The van der Waals surface area contributed by atoms with Gasteiger partial charge in [0.15, 0.2) is 0 Å². The third-order valence-electron chi connectivity index (χ3n) is 3.01. The Bertz CT molecular complexity index is 334.